The Balaban J connectivity index is 1.99. The lowest BCUT2D eigenvalue weighted by atomic mass is 10.1. The number of amides is 1. The van der Waals surface area contributed by atoms with Gasteiger partial charge in [0.1, 0.15) is 10.8 Å². The van der Waals surface area contributed by atoms with Crippen molar-refractivity contribution >= 4 is 17.2 Å². The summed E-state index contributed by atoms with van der Waals surface area (Å²) in [6, 6.07) is 7.79. The summed E-state index contributed by atoms with van der Waals surface area (Å²) >= 11 is 1.56. The molecular weight excluding hydrogens is 284 g/mol. The molecule has 1 amide bonds. The summed E-state index contributed by atoms with van der Waals surface area (Å²) < 4.78 is 5.14. The molecule has 0 saturated carbocycles. The summed E-state index contributed by atoms with van der Waals surface area (Å²) in [5.41, 5.74) is 1.97. The number of carbonyl (C=O) groups is 1. The van der Waals surface area contributed by atoms with E-state index in [1.165, 1.54) is 0 Å². The average molecular weight is 304 g/mol. The SMILES string of the molecule is CCC(C)C(=O)NCc1nc(-c2ccc(OC)cc2)cs1. The number of benzene rings is 1. The van der Waals surface area contributed by atoms with Gasteiger partial charge in [-0.1, -0.05) is 13.8 Å². The summed E-state index contributed by atoms with van der Waals surface area (Å²) in [7, 11) is 1.65. The molecule has 0 fully saturated rings. The molecule has 0 aliphatic rings. The zero-order valence-electron chi connectivity index (χ0n) is 12.6. The molecule has 0 aliphatic heterocycles. The number of methoxy groups -OCH3 is 1. The third-order valence-electron chi connectivity index (χ3n) is 3.41. The highest BCUT2D eigenvalue weighted by Gasteiger charge is 2.11. The predicted molar refractivity (Wildman–Crippen MR) is 85.4 cm³/mol. The fourth-order valence-electron chi connectivity index (χ4n) is 1.81. The predicted octanol–water partition coefficient (Wildman–Crippen LogP) is 3.48. The van der Waals surface area contributed by atoms with E-state index in [4.69, 9.17) is 4.74 Å². The maximum Gasteiger partial charge on any atom is 0.223 e. The Bertz CT molecular complexity index is 593. The van der Waals surface area contributed by atoms with Crippen LogP contribution in [0.2, 0.25) is 0 Å². The zero-order chi connectivity index (χ0) is 15.2. The Morgan fingerprint density at radius 3 is 2.71 bits per heavy atom. The standard InChI is InChI=1S/C16H20N2O2S/c1-4-11(2)16(19)17-9-15-18-14(10-21-15)12-5-7-13(20-3)8-6-12/h5-8,10-11H,4,9H2,1-3H3,(H,17,19). The van der Waals surface area contributed by atoms with E-state index < -0.39 is 0 Å². The second-order valence-electron chi connectivity index (χ2n) is 4.88. The van der Waals surface area contributed by atoms with Gasteiger partial charge in [0.2, 0.25) is 5.91 Å². The van der Waals surface area contributed by atoms with E-state index in [9.17, 15) is 4.79 Å². The molecule has 112 valence electrons. The summed E-state index contributed by atoms with van der Waals surface area (Å²) in [6.07, 6.45) is 0.848. The molecule has 1 atom stereocenters. The number of rotatable bonds is 6. The minimum atomic E-state index is 0.0472. The lowest BCUT2D eigenvalue weighted by molar-refractivity contribution is -0.124. The number of aromatic nitrogens is 1. The summed E-state index contributed by atoms with van der Waals surface area (Å²) in [4.78, 5) is 16.3. The van der Waals surface area contributed by atoms with Crippen LogP contribution in [0.1, 0.15) is 25.3 Å². The van der Waals surface area contributed by atoms with Gasteiger partial charge in [-0.15, -0.1) is 11.3 Å². The van der Waals surface area contributed by atoms with Crippen LogP contribution in [0.25, 0.3) is 11.3 Å². The Morgan fingerprint density at radius 1 is 1.38 bits per heavy atom. The number of nitrogens with one attached hydrogen (secondary N) is 1. The number of carbonyl (C=O) groups excluding carboxylic acids is 1. The first-order chi connectivity index (χ1) is 10.1. The quantitative estimate of drug-likeness (QED) is 0.889. The van der Waals surface area contributed by atoms with E-state index in [1.807, 2.05) is 43.5 Å². The molecule has 1 aromatic carbocycles. The molecule has 0 saturated heterocycles. The van der Waals surface area contributed by atoms with Crippen molar-refractivity contribution in [3.8, 4) is 17.0 Å². The number of ether oxygens (including phenoxy) is 1. The molecule has 5 heteroatoms. The van der Waals surface area contributed by atoms with Gasteiger partial charge in [-0.2, -0.15) is 0 Å². The first kappa shape index (κ1) is 15.5. The van der Waals surface area contributed by atoms with Crippen molar-refractivity contribution in [2.45, 2.75) is 26.8 Å². The molecule has 0 aliphatic carbocycles. The number of hydrogen-bond donors (Lipinski definition) is 1. The molecule has 1 N–H and O–H groups in total. The van der Waals surface area contributed by atoms with Gasteiger partial charge in [-0.05, 0) is 30.7 Å². The van der Waals surface area contributed by atoms with E-state index in [1.54, 1.807) is 18.4 Å². The van der Waals surface area contributed by atoms with Gasteiger partial charge in [-0.3, -0.25) is 4.79 Å². The lowest BCUT2D eigenvalue weighted by Crippen LogP contribution is -2.28. The largest absolute Gasteiger partial charge is 0.497 e. The van der Waals surface area contributed by atoms with E-state index in [2.05, 4.69) is 10.3 Å². The molecule has 21 heavy (non-hydrogen) atoms. The number of thiazole rings is 1. The van der Waals surface area contributed by atoms with Crippen molar-refractivity contribution in [3.05, 3.63) is 34.7 Å². The highest BCUT2D eigenvalue weighted by molar-refractivity contribution is 7.09. The lowest BCUT2D eigenvalue weighted by Gasteiger charge is -2.08. The maximum absolute atomic E-state index is 11.7. The van der Waals surface area contributed by atoms with Crippen LogP contribution < -0.4 is 10.1 Å². The number of hydrogen-bond acceptors (Lipinski definition) is 4. The van der Waals surface area contributed by atoms with Gasteiger partial charge >= 0.3 is 0 Å². The van der Waals surface area contributed by atoms with Crippen molar-refractivity contribution < 1.29 is 9.53 Å². The molecule has 0 spiro atoms. The van der Waals surface area contributed by atoms with E-state index >= 15 is 0 Å². The van der Waals surface area contributed by atoms with Crippen LogP contribution in [0, 0.1) is 5.92 Å². The molecule has 1 unspecified atom stereocenters. The fourth-order valence-corrected chi connectivity index (χ4v) is 2.55. The molecule has 4 nitrogen and oxygen atoms in total. The van der Waals surface area contributed by atoms with Crippen LogP contribution in [0.3, 0.4) is 0 Å². The van der Waals surface area contributed by atoms with E-state index in [0.29, 0.717) is 6.54 Å². The smallest absolute Gasteiger partial charge is 0.223 e. The monoisotopic (exact) mass is 304 g/mol. The van der Waals surface area contributed by atoms with Gasteiger partial charge in [0.25, 0.3) is 0 Å². The van der Waals surface area contributed by atoms with Crippen molar-refractivity contribution in [2.75, 3.05) is 7.11 Å². The molecule has 0 radical (unpaired) electrons. The van der Waals surface area contributed by atoms with Crippen LogP contribution in [-0.4, -0.2) is 18.0 Å². The highest BCUT2D eigenvalue weighted by Crippen LogP contribution is 2.24. The topological polar surface area (TPSA) is 51.2 Å². The zero-order valence-corrected chi connectivity index (χ0v) is 13.4. The van der Waals surface area contributed by atoms with Crippen molar-refractivity contribution in [2.24, 2.45) is 5.92 Å². The van der Waals surface area contributed by atoms with Crippen molar-refractivity contribution in [1.29, 1.82) is 0 Å². The Kier molecular flexibility index (Phi) is 5.33. The third kappa shape index (κ3) is 4.04. The second-order valence-corrected chi connectivity index (χ2v) is 5.82. The summed E-state index contributed by atoms with van der Waals surface area (Å²) in [6.45, 7) is 4.43. The molecule has 2 rings (SSSR count). The Morgan fingerprint density at radius 2 is 2.10 bits per heavy atom. The maximum atomic E-state index is 11.7. The van der Waals surface area contributed by atoms with Crippen LogP contribution in [-0.2, 0) is 11.3 Å². The van der Waals surface area contributed by atoms with Gasteiger partial charge in [0, 0.05) is 16.9 Å². The highest BCUT2D eigenvalue weighted by atomic mass is 32.1. The first-order valence-electron chi connectivity index (χ1n) is 7.00. The minimum absolute atomic E-state index is 0.0472. The summed E-state index contributed by atoms with van der Waals surface area (Å²) in [5, 5.41) is 5.84. The average Bonchev–Trinajstić information content (AvgIpc) is 3.00. The molecular formula is C16H20N2O2S. The molecule has 1 aromatic heterocycles. The minimum Gasteiger partial charge on any atom is -0.497 e. The van der Waals surface area contributed by atoms with E-state index in [-0.39, 0.29) is 11.8 Å². The molecule has 2 aromatic rings. The van der Waals surface area contributed by atoms with Crippen LogP contribution in [0.15, 0.2) is 29.6 Å². The Hall–Kier alpha value is -1.88. The van der Waals surface area contributed by atoms with Crippen LogP contribution >= 0.6 is 11.3 Å². The normalized spacial score (nSPS) is 12.0. The van der Waals surface area contributed by atoms with Crippen molar-refractivity contribution in [3.63, 3.8) is 0 Å². The van der Waals surface area contributed by atoms with Crippen LogP contribution in [0.4, 0.5) is 0 Å². The van der Waals surface area contributed by atoms with Gasteiger partial charge in [0.15, 0.2) is 0 Å². The fraction of sp³-hybridized carbons (Fsp3) is 0.375. The third-order valence-corrected chi connectivity index (χ3v) is 4.26. The van der Waals surface area contributed by atoms with Gasteiger partial charge in [0.05, 0.1) is 19.3 Å². The van der Waals surface area contributed by atoms with Gasteiger partial charge in [-0.25, -0.2) is 4.98 Å². The van der Waals surface area contributed by atoms with E-state index in [0.717, 1.165) is 28.4 Å². The Labute approximate surface area is 129 Å². The summed E-state index contributed by atoms with van der Waals surface area (Å²) in [5.74, 6) is 0.958. The van der Waals surface area contributed by atoms with Crippen LogP contribution in [0.5, 0.6) is 5.75 Å². The first-order valence-corrected chi connectivity index (χ1v) is 7.88. The second kappa shape index (κ2) is 7.22. The van der Waals surface area contributed by atoms with Crippen molar-refractivity contribution in [1.82, 2.24) is 10.3 Å². The molecule has 1 heterocycles. The number of nitrogens with zero attached hydrogens (tertiary/aromatic N) is 1. The molecule has 0 bridgehead atoms. The van der Waals surface area contributed by atoms with Gasteiger partial charge < -0.3 is 10.1 Å².